The number of nitrogens with one attached hydrogen (secondary N) is 1. The lowest BCUT2D eigenvalue weighted by atomic mass is 9.93. The van der Waals surface area contributed by atoms with Gasteiger partial charge in [0, 0.05) is 30.0 Å². The fraction of sp³-hybridized carbons (Fsp3) is 0.304. The molecule has 0 saturated carbocycles. The van der Waals surface area contributed by atoms with Crippen LogP contribution in [0.3, 0.4) is 0 Å². The third-order valence-corrected chi connectivity index (χ3v) is 6.04. The summed E-state index contributed by atoms with van der Waals surface area (Å²) in [5.41, 5.74) is 8.18. The molecule has 162 valence electrons. The van der Waals surface area contributed by atoms with Crippen LogP contribution in [0, 0.1) is 13.8 Å². The second-order valence-electron chi connectivity index (χ2n) is 7.83. The molecule has 1 amide bonds. The third-order valence-electron chi connectivity index (χ3n) is 5.53. The lowest BCUT2D eigenvalue weighted by Gasteiger charge is -2.17. The zero-order chi connectivity index (χ0) is 22.9. The van der Waals surface area contributed by atoms with Crippen LogP contribution in [0.2, 0.25) is 0 Å². The molecule has 2 aromatic rings. The van der Waals surface area contributed by atoms with E-state index in [-0.39, 0.29) is 17.7 Å². The SMILES string of the molecule is CC1=CC(C)=[N+](C)/C1=C(/c1ccc(NC(=O)CBr)cc1)c1c(C)cc(C)n1CB(F)F. The number of anilines is 1. The first kappa shape index (κ1) is 23.2. The van der Waals surface area contributed by atoms with Crippen molar-refractivity contribution in [2.24, 2.45) is 0 Å². The summed E-state index contributed by atoms with van der Waals surface area (Å²) in [6.07, 6.45) is 1.74. The Morgan fingerprint density at radius 2 is 1.81 bits per heavy atom. The van der Waals surface area contributed by atoms with Crippen molar-refractivity contribution in [3.63, 3.8) is 0 Å². The zero-order valence-electron chi connectivity index (χ0n) is 18.4. The van der Waals surface area contributed by atoms with Gasteiger partial charge in [0.05, 0.1) is 23.0 Å². The van der Waals surface area contributed by atoms with Crippen LogP contribution in [0.5, 0.6) is 0 Å². The zero-order valence-corrected chi connectivity index (χ0v) is 20.0. The maximum Gasteiger partial charge on any atom is 0.557 e. The maximum absolute atomic E-state index is 13.4. The molecular weight excluding hydrogens is 463 g/mol. The number of hydrogen-bond acceptors (Lipinski definition) is 1. The smallest absolute Gasteiger partial charge is 0.346 e. The van der Waals surface area contributed by atoms with E-state index in [0.29, 0.717) is 5.69 Å². The van der Waals surface area contributed by atoms with Gasteiger partial charge in [0.25, 0.3) is 0 Å². The third kappa shape index (κ3) is 4.74. The summed E-state index contributed by atoms with van der Waals surface area (Å²) >= 11 is 3.14. The highest BCUT2D eigenvalue weighted by atomic mass is 79.9. The van der Waals surface area contributed by atoms with E-state index in [9.17, 15) is 13.4 Å². The largest absolute Gasteiger partial charge is 0.557 e. The van der Waals surface area contributed by atoms with Crippen molar-refractivity contribution in [1.82, 2.24) is 4.57 Å². The Morgan fingerprint density at radius 1 is 1.16 bits per heavy atom. The predicted molar refractivity (Wildman–Crippen MR) is 127 cm³/mol. The number of hydrogen-bond donors (Lipinski definition) is 1. The van der Waals surface area contributed by atoms with E-state index in [4.69, 9.17) is 0 Å². The molecule has 0 saturated heterocycles. The molecule has 1 aliphatic heterocycles. The molecule has 0 bridgehead atoms. The fourth-order valence-electron chi connectivity index (χ4n) is 4.14. The first-order valence-corrected chi connectivity index (χ1v) is 11.2. The van der Waals surface area contributed by atoms with E-state index in [0.717, 1.165) is 45.1 Å². The molecule has 31 heavy (non-hydrogen) atoms. The summed E-state index contributed by atoms with van der Waals surface area (Å²) in [5.74, 6) is -0.136. The van der Waals surface area contributed by atoms with E-state index in [1.165, 1.54) is 0 Å². The predicted octanol–water partition coefficient (Wildman–Crippen LogP) is 5.23. The number of benzene rings is 1. The first-order chi connectivity index (χ1) is 14.6. The van der Waals surface area contributed by atoms with Crippen molar-refractivity contribution in [2.75, 3.05) is 17.7 Å². The molecule has 0 radical (unpaired) electrons. The molecule has 4 nitrogen and oxygen atoms in total. The van der Waals surface area contributed by atoms with E-state index >= 15 is 0 Å². The minimum absolute atomic E-state index is 0.136. The van der Waals surface area contributed by atoms with Gasteiger partial charge in [-0.25, -0.2) is 0 Å². The van der Waals surface area contributed by atoms with Crippen LogP contribution in [0.1, 0.15) is 36.4 Å². The van der Waals surface area contributed by atoms with Gasteiger partial charge >= 0.3 is 7.27 Å². The standard InChI is InChI=1S/C23H25BBrF2N3O/c1-14-10-16(3)29(5)22(14)21(18-6-8-19(9-7-18)28-20(31)12-25)23-15(2)11-17(4)30(23)13-24(26)27/h6-11H,12-13H2,1-5H3/p+1. The van der Waals surface area contributed by atoms with E-state index < -0.39 is 7.27 Å². The number of carbonyl (C=O) groups is 1. The molecular formula is C23H26BBrF2N3O+. The van der Waals surface area contributed by atoms with Gasteiger partial charge in [0.15, 0.2) is 5.71 Å². The van der Waals surface area contributed by atoms with Gasteiger partial charge in [-0.2, -0.15) is 4.58 Å². The summed E-state index contributed by atoms with van der Waals surface area (Å²) in [5, 5.41) is 3.03. The topological polar surface area (TPSA) is 37.0 Å². The first-order valence-electron chi connectivity index (χ1n) is 10.1. The summed E-state index contributed by atoms with van der Waals surface area (Å²) in [4.78, 5) is 11.7. The highest BCUT2D eigenvalue weighted by Gasteiger charge is 2.31. The number of likely N-dealkylation sites (N-methyl/N-ethyl adjacent to an activating group) is 1. The van der Waals surface area contributed by atoms with Gasteiger partial charge in [0.1, 0.15) is 7.05 Å². The molecule has 0 aliphatic carbocycles. The molecule has 1 aromatic heterocycles. The van der Waals surface area contributed by atoms with Gasteiger partial charge in [-0.1, -0.05) is 28.1 Å². The number of nitrogens with zero attached hydrogens (tertiary/aromatic N) is 2. The minimum atomic E-state index is -2.46. The van der Waals surface area contributed by atoms with Gasteiger partial charge < -0.3 is 9.88 Å². The van der Waals surface area contributed by atoms with Gasteiger partial charge in [-0.05, 0) is 50.1 Å². The number of halogens is 3. The maximum atomic E-state index is 13.4. The Labute approximate surface area is 190 Å². The van der Waals surface area contributed by atoms with Crippen molar-refractivity contribution in [2.45, 2.75) is 34.1 Å². The minimum Gasteiger partial charge on any atom is -0.346 e. The lowest BCUT2D eigenvalue weighted by Crippen LogP contribution is -2.17. The van der Waals surface area contributed by atoms with Gasteiger partial charge in [0.2, 0.25) is 11.6 Å². The Morgan fingerprint density at radius 3 is 2.32 bits per heavy atom. The number of aromatic nitrogens is 1. The van der Waals surface area contributed by atoms with Crippen LogP contribution in [0.4, 0.5) is 14.3 Å². The molecule has 3 rings (SSSR count). The summed E-state index contributed by atoms with van der Waals surface area (Å²) in [6, 6.07) is 9.48. The van der Waals surface area contributed by atoms with Crippen molar-refractivity contribution in [1.29, 1.82) is 0 Å². The van der Waals surface area contributed by atoms with Crippen LogP contribution in [-0.2, 0) is 11.2 Å². The fourth-order valence-corrected chi connectivity index (χ4v) is 4.28. The van der Waals surface area contributed by atoms with E-state index in [1.54, 1.807) is 4.57 Å². The number of allylic oxidation sites excluding steroid dienone is 2. The average Bonchev–Trinajstić information content (AvgIpc) is 3.12. The van der Waals surface area contributed by atoms with Crippen molar-refractivity contribution in [3.05, 3.63) is 70.2 Å². The Balaban J connectivity index is 2.25. The van der Waals surface area contributed by atoms with Crippen molar-refractivity contribution in [3.8, 4) is 0 Å². The second-order valence-corrected chi connectivity index (χ2v) is 8.39. The van der Waals surface area contributed by atoms with E-state index in [2.05, 4.69) is 31.9 Å². The Bertz CT molecular complexity index is 1110. The average molecular weight is 489 g/mol. The van der Waals surface area contributed by atoms with Crippen LogP contribution in [-0.4, -0.2) is 40.4 Å². The lowest BCUT2D eigenvalue weighted by molar-refractivity contribution is -0.434. The number of aryl methyl sites for hydroxylation is 2. The normalized spacial score (nSPS) is 15.3. The van der Waals surface area contributed by atoms with Crippen LogP contribution < -0.4 is 5.32 Å². The summed E-state index contributed by atoms with van der Waals surface area (Å²) in [7, 11) is -0.464. The molecule has 1 aromatic carbocycles. The molecule has 0 unspecified atom stereocenters. The number of amides is 1. The van der Waals surface area contributed by atoms with E-state index in [1.807, 2.05) is 65.1 Å². The Hall–Kier alpha value is -2.48. The van der Waals surface area contributed by atoms with Gasteiger partial charge in [-0.15, -0.1) is 0 Å². The molecule has 8 heteroatoms. The quantitative estimate of drug-likeness (QED) is 0.337. The monoisotopic (exact) mass is 488 g/mol. The van der Waals surface area contributed by atoms with Crippen molar-refractivity contribution < 1.29 is 18.0 Å². The number of alkyl halides is 1. The number of carbonyl (C=O) groups excluding carboxylic acids is 1. The molecule has 1 N–H and O–H groups in total. The Kier molecular flexibility index (Phi) is 6.99. The molecule has 0 atom stereocenters. The highest BCUT2D eigenvalue weighted by Crippen LogP contribution is 2.36. The van der Waals surface area contributed by atoms with Crippen molar-refractivity contribution >= 4 is 46.1 Å². The molecule has 0 spiro atoms. The van der Waals surface area contributed by atoms with Gasteiger partial charge in [-0.3, -0.25) is 13.4 Å². The molecule has 2 heterocycles. The number of rotatable bonds is 6. The molecule has 0 fully saturated rings. The van der Waals surface area contributed by atoms with Crippen LogP contribution in [0.25, 0.3) is 5.57 Å². The van der Waals surface area contributed by atoms with Crippen LogP contribution in [0.15, 0.2) is 47.7 Å². The highest BCUT2D eigenvalue weighted by molar-refractivity contribution is 9.09. The van der Waals surface area contributed by atoms with Crippen LogP contribution >= 0.6 is 15.9 Å². The second kappa shape index (κ2) is 9.34. The summed E-state index contributed by atoms with van der Waals surface area (Å²) < 4.78 is 30.7. The molecule has 1 aliphatic rings. The summed E-state index contributed by atoms with van der Waals surface area (Å²) in [6.45, 7) is 7.89.